The number of hydrogen-bond donors (Lipinski definition) is 1. The molecule has 1 atom stereocenters. The summed E-state index contributed by atoms with van der Waals surface area (Å²) in [4.78, 5) is 15.0. The summed E-state index contributed by atoms with van der Waals surface area (Å²) in [6.07, 6.45) is 1.27. The number of benzene rings is 2. The van der Waals surface area contributed by atoms with E-state index in [2.05, 4.69) is 0 Å². The Hall–Kier alpha value is -1.95. The normalized spacial score (nSPS) is 19.0. The van der Waals surface area contributed by atoms with Crippen LogP contribution in [-0.2, 0) is 5.41 Å². The Morgan fingerprint density at radius 3 is 2.57 bits per heavy atom. The molecule has 1 heterocycles. The first kappa shape index (κ1) is 20.8. The van der Waals surface area contributed by atoms with Crippen LogP contribution in [0.4, 0.5) is 0 Å². The molecule has 1 saturated heterocycles. The predicted octanol–water partition coefficient (Wildman–Crippen LogP) is 4.18. The van der Waals surface area contributed by atoms with Crippen molar-refractivity contribution in [3.05, 3.63) is 57.6 Å². The van der Waals surface area contributed by atoms with Crippen LogP contribution in [0.3, 0.4) is 0 Å². The number of halogens is 2. The number of methoxy groups -OCH3 is 2. The number of nitrogens with zero attached hydrogens (tertiary/aromatic N) is 1. The maximum Gasteiger partial charge on any atom is 0.257 e. The highest BCUT2D eigenvalue weighted by molar-refractivity contribution is 6.42. The number of rotatable bonds is 6. The third kappa shape index (κ3) is 3.93. The Balaban J connectivity index is 1.89. The average Bonchev–Trinajstić information content (AvgIpc) is 3.14. The molecule has 0 aliphatic carbocycles. The summed E-state index contributed by atoms with van der Waals surface area (Å²) >= 11 is 12.3. The molecule has 0 spiro atoms. The standard InChI is InChI=1S/C21H23Cl2NO4/c1-27-15-4-5-16(19(12-15)28-2)20(26)24-9-7-21(13-24,8-10-25)14-3-6-17(22)18(23)11-14/h3-6,11-12,25H,7-10,13H2,1-2H3. The van der Waals surface area contributed by atoms with Gasteiger partial charge in [0.1, 0.15) is 11.5 Å². The molecule has 2 aromatic carbocycles. The number of carbonyl (C=O) groups excluding carboxylic acids is 1. The van der Waals surface area contributed by atoms with E-state index < -0.39 is 0 Å². The summed E-state index contributed by atoms with van der Waals surface area (Å²) in [6, 6.07) is 10.7. The van der Waals surface area contributed by atoms with Crippen molar-refractivity contribution >= 4 is 29.1 Å². The number of carbonyl (C=O) groups is 1. The molecule has 1 aliphatic heterocycles. The highest BCUT2D eigenvalue weighted by Crippen LogP contribution is 2.40. The Kier molecular flexibility index (Phi) is 6.38. The number of hydrogen-bond acceptors (Lipinski definition) is 4. The molecule has 1 unspecified atom stereocenters. The van der Waals surface area contributed by atoms with E-state index in [9.17, 15) is 9.90 Å². The summed E-state index contributed by atoms with van der Waals surface area (Å²) in [7, 11) is 3.10. The van der Waals surface area contributed by atoms with Crippen molar-refractivity contribution in [3.63, 3.8) is 0 Å². The minimum atomic E-state index is -0.363. The van der Waals surface area contributed by atoms with Crippen LogP contribution < -0.4 is 9.47 Å². The second-order valence-corrected chi connectivity index (χ2v) is 7.74. The maximum atomic E-state index is 13.2. The molecule has 0 radical (unpaired) electrons. The van der Waals surface area contributed by atoms with Gasteiger partial charge in [0.2, 0.25) is 0 Å². The van der Waals surface area contributed by atoms with Gasteiger partial charge in [-0.2, -0.15) is 0 Å². The van der Waals surface area contributed by atoms with Crippen LogP contribution in [0.5, 0.6) is 11.5 Å². The van der Waals surface area contributed by atoms with Crippen LogP contribution in [0.1, 0.15) is 28.8 Å². The Labute approximate surface area is 174 Å². The van der Waals surface area contributed by atoms with Crippen molar-refractivity contribution in [2.45, 2.75) is 18.3 Å². The lowest BCUT2D eigenvalue weighted by Crippen LogP contribution is -2.35. The number of likely N-dealkylation sites (tertiary alicyclic amines) is 1. The molecule has 150 valence electrons. The van der Waals surface area contributed by atoms with Crippen LogP contribution in [0.15, 0.2) is 36.4 Å². The zero-order chi connectivity index (χ0) is 20.3. The molecule has 0 saturated carbocycles. The molecule has 5 nitrogen and oxygen atoms in total. The van der Waals surface area contributed by atoms with Gasteiger partial charge in [-0.15, -0.1) is 0 Å². The van der Waals surface area contributed by atoms with Gasteiger partial charge in [-0.05, 0) is 42.7 Å². The smallest absolute Gasteiger partial charge is 0.257 e. The quantitative estimate of drug-likeness (QED) is 0.756. The van der Waals surface area contributed by atoms with Gasteiger partial charge in [0, 0.05) is 31.2 Å². The molecule has 3 rings (SSSR count). The van der Waals surface area contributed by atoms with Crippen molar-refractivity contribution in [1.29, 1.82) is 0 Å². The van der Waals surface area contributed by atoms with Crippen LogP contribution in [0.2, 0.25) is 10.0 Å². The molecule has 2 aromatic rings. The van der Waals surface area contributed by atoms with Gasteiger partial charge >= 0.3 is 0 Å². The number of ether oxygens (including phenoxy) is 2. The molecule has 28 heavy (non-hydrogen) atoms. The van der Waals surface area contributed by atoms with Crippen molar-refractivity contribution in [2.75, 3.05) is 33.9 Å². The minimum Gasteiger partial charge on any atom is -0.497 e. The highest BCUT2D eigenvalue weighted by atomic mass is 35.5. The van der Waals surface area contributed by atoms with Gasteiger partial charge in [0.25, 0.3) is 5.91 Å². The third-order valence-electron chi connectivity index (χ3n) is 5.40. The van der Waals surface area contributed by atoms with Crippen molar-refractivity contribution in [1.82, 2.24) is 4.90 Å². The molecule has 0 aromatic heterocycles. The largest absolute Gasteiger partial charge is 0.497 e. The monoisotopic (exact) mass is 423 g/mol. The van der Waals surface area contributed by atoms with Crippen LogP contribution >= 0.6 is 23.2 Å². The number of aliphatic hydroxyl groups excluding tert-OH is 1. The number of amides is 1. The van der Waals surface area contributed by atoms with Gasteiger partial charge < -0.3 is 19.5 Å². The summed E-state index contributed by atoms with van der Waals surface area (Å²) < 4.78 is 10.6. The third-order valence-corrected chi connectivity index (χ3v) is 6.14. The molecular formula is C21H23Cl2NO4. The van der Waals surface area contributed by atoms with E-state index >= 15 is 0 Å². The summed E-state index contributed by atoms with van der Waals surface area (Å²) in [6.45, 7) is 1.09. The zero-order valence-electron chi connectivity index (χ0n) is 15.9. The van der Waals surface area contributed by atoms with Crippen molar-refractivity contribution < 1.29 is 19.4 Å². The van der Waals surface area contributed by atoms with Crippen LogP contribution in [0.25, 0.3) is 0 Å². The van der Waals surface area contributed by atoms with E-state index in [0.717, 1.165) is 12.0 Å². The number of aliphatic hydroxyl groups is 1. The van der Waals surface area contributed by atoms with E-state index in [1.807, 2.05) is 12.1 Å². The van der Waals surface area contributed by atoms with Gasteiger partial charge in [-0.25, -0.2) is 0 Å². The first-order valence-corrected chi connectivity index (χ1v) is 9.77. The van der Waals surface area contributed by atoms with E-state index in [4.69, 9.17) is 32.7 Å². The second kappa shape index (κ2) is 8.60. The SMILES string of the molecule is COc1ccc(C(=O)N2CCC(CCO)(c3ccc(Cl)c(Cl)c3)C2)c(OC)c1. The van der Waals surface area contributed by atoms with Crippen LogP contribution in [0, 0.1) is 0 Å². The van der Waals surface area contributed by atoms with Crippen LogP contribution in [-0.4, -0.2) is 49.8 Å². The lowest BCUT2D eigenvalue weighted by molar-refractivity contribution is 0.0776. The van der Waals surface area contributed by atoms with E-state index in [1.54, 1.807) is 36.3 Å². The van der Waals surface area contributed by atoms with E-state index in [-0.39, 0.29) is 17.9 Å². The molecule has 7 heteroatoms. The second-order valence-electron chi connectivity index (χ2n) is 6.93. The lowest BCUT2D eigenvalue weighted by atomic mass is 9.77. The minimum absolute atomic E-state index is 0.0220. The summed E-state index contributed by atoms with van der Waals surface area (Å²) in [5, 5.41) is 10.6. The van der Waals surface area contributed by atoms with Gasteiger partial charge in [-0.1, -0.05) is 29.3 Å². The average molecular weight is 424 g/mol. The fourth-order valence-corrected chi connectivity index (χ4v) is 4.11. The van der Waals surface area contributed by atoms with Crippen molar-refractivity contribution in [3.8, 4) is 11.5 Å². The van der Waals surface area contributed by atoms with Gasteiger partial charge in [-0.3, -0.25) is 4.79 Å². The summed E-state index contributed by atoms with van der Waals surface area (Å²) in [5.41, 5.74) is 1.10. The molecule has 1 N–H and O–H groups in total. The Morgan fingerprint density at radius 1 is 1.14 bits per heavy atom. The Morgan fingerprint density at radius 2 is 1.93 bits per heavy atom. The van der Waals surface area contributed by atoms with Crippen molar-refractivity contribution in [2.24, 2.45) is 0 Å². The molecule has 0 bridgehead atoms. The van der Waals surface area contributed by atoms with E-state index in [1.165, 1.54) is 7.11 Å². The van der Waals surface area contributed by atoms with E-state index in [0.29, 0.717) is 46.6 Å². The van der Waals surface area contributed by atoms with Gasteiger partial charge in [0.05, 0.1) is 29.8 Å². The van der Waals surface area contributed by atoms with Gasteiger partial charge in [0.15, 0.2) is 0 Å². The Bertz CT molecular complexity index is 873. The predicted molar refractivity (Wildman–Crippen MR) is 110 cm³/mol. The first-order valence-electron chi connectivity index (χ1n) is 9.02. The highest BCUT2D eigenvalue weighted by Gasteiger charge is 2.41. The lowest BCUT2D eigenvalue weighted by Gasteiger charge is -2.30. The first-order chi connectivity index (χ1) is 13.4. The fourth-order valence-electron chi connectivity index (χ4n) is 3.82. The maximum absolute atomic E-state index is 13.2. The zero-order valence-corrected chi connectivity index (χ0v) is 17.4. The topological polar surface area (TPSA) is 59.0 Å². The fraction of sp³-hybridized carbons (Fsp3) is 0.381. The summed E-state index contributed by atoms with van der Waals surface area (Å²) in [5.74, 6) is 0.984. The molecule has 1 amide bonds. The molecule has 1 fully saturated rings. The molecule has 1 aliphatic rings. The molecular weight excluding hydrogens is 401 g/mol.